The summed E-state index contributed by atoms with van der Waals surface area (Å²) < 4.78 is 24.0. The molecular formula is C36H34ClN3O7S2. The van der Waals surface area contributed by atoms with Crippen molar-refractivity contribution in [2.24, 2.45) is 0 Å². The van der Waals surface area contributed by atoms with E-state index in [0.29, 0.717) is 62.1 Å². The van der Waals surface area contributed by atoms with Crippen molar-refractivity contribution in [3.8, 4) is 17.2 Å². The third-order valence-electron chi connectivity index (χ3n) is 7.90. The zero-order valence-electron chi connectivity index (χ0n) is 27.1. The lowest BCUT2D eigenvalue weighted by Gasteiger charge is -2.25. The molecule has 1 atom stereocenters. The highest BCUT2D eigenvalue weighted by atomic mass is 35.5. The van der Waals surface area contributed by atoms with Crippen LogP contribution in [0.5, 0.6) is 17.2 Å². The number of para-hydroxylation sites is 1. The summed E-state index contributed by atoms with van der Waals surface area (Å²) in [5, 5.41) is 21.5. The third-order valence-corrected chi connectivity index (χ3v) is 10.4. The molecule has 1 N–H and O–H groups in total. The average molecular weight is 720 g/mol. The molecule has 0 radical (unpaired) electrons. The van der Waals surface area contributed by atoms with E-state index in [1.807, 2.05) is 31.2 Å². The molecule has 1 unspecified atom stereocenters. The van der Waals surface area contributed by atoms with Crippen molar-refractivity contribution >= 4 is 62.5 Å². The third kappa shape index (κ3) is 7.12. The van der Waals surface area contributed by atoms with Gasteiger partial charge in [-0.2, -0.15) is 0 Å². The minimum absolute atomic E-state index is 0.0603. The summed E-state index contributed by atoms with van der Waals surface area (Å²) in [5.41, 5.74) is 1.64. The molecule has 49 heavy (non-hydrogen) atoms. The fraction of sp³-hybridized carbons (Fsp3) is 0.278. The number of benzene rings is 3. The number of thioether (sulfide) groups is 1. The molecule has 0 spiro atoms. The highest BCUT2D eigenvalue weighted by molar-refractivity contribution is 8.00. The molecule has 13 heteroatoms. The Balaban J connectivity index is 1.39. The van der Waals surface area contributed by atoms with Gasteiger partial charge in [0, 0.05) is 16.2 Å². The number of anilines is 1. The molecule has 2 aromatic heterocycles. The minimum atomic E-state index is -1.09. The van der Waals surface area contributed by atoms with E-state index in [1.54, 1.807) is 42.5 Å². The zero-order chi connectivity index (χ0) is 34.5. The van der Waals surface area contributed by atoms with E-state index in [-0.39, 0.29) is 16.5 Å². The summed E-state index contributed by atoms with van der Waals surface area (Å²) in [5.74, 6) is -0.254. The summed E-state index contributed by atoms with van der Waals surface area (Å²) >= 11 is 8.93. The number of methoxy groups -OCH3 is 1. The van der Waals surface area contributed by atoms with E-state index in [2.05, 4.69) is 17.1 Å². The van der Waals surface area contributed by atoms with E-state index in [9.17, 15) is 14.7 Å². The van der Waals surface area contributed by atoms with Gasteiger partial charge in [-0.25, -0.2) is 0 Å². The van der Waals surface area contributed by atoms with Gasteiger partial charge in [-0.15, -0.1) is 10.2 Å². The number of ether oxygens (including phenoxy) is 3. The standard InChI is InChI=1S/C36H34ClN3O7S2/c1-4-6-9-17-46-25-16-15-21(18-27(25)45-5-2)30-29(31(41)28-19-22-12-10-14-26(44-3)33(22)47-28)32(42)34(43)40(30)35-38-39-36(49-35)48-20-23-11-7-8-13-24(23)37/h7-8,10-16,18-19,30,42H,4-6,9,17,20H2,1-3H3. The number of rotatable bonds is 15. The Kier molecular flexibility index (Phi) is 10.8. The lowest BCUT2D eigenvalue weighted by Crippen LogP contribution is -2.31. The number of ketones is 1. The second-order valence-corrected chi connectivity index (χ2v) is 13.7. The fourth-order valence-corrected chi connectivity index (χ4v) is 7.67. The monoisotopic (exact) mass is 719 g/mol. The van der Waals surface area contributed by atoms with Crippen LogP contribution in [0.2, 0.25) is 5.02 Å². The Morgan fingerprint density at radius 3 is 2.63 bits per heavy atom. The van der Waals surface area contributed by atoms with Crippen LogP contribution in [-0.2, 0) is 10.5 Å². The number of carbonyl (C=O) groups is 2. The molecule has 254 valence electrons. The Morgan fingerprint density at radius 1 is 1.02 bits per heavy atom. The first kappa shape index (κ1) is 34.3. The molecule has 1 aliphatic heterocycles. The number of furan rings is 1. The molecule has 1 amide bonds. The van der Waals surface area contributed by atoms with Crippen molar-refractivity contribution in [2.45, 2.75) is 49.2 Å². The van der Waals surface area contributed by atoms with Crippen LogP contribution in [-0.4, -0.2) is 47.3 Å². The highest BCUT2D eigenvalue weighted by Gasteiger charge is 2.47. The summed E-state index contributed by atoms with van der Waals surface area (Å²) in [6.45, 7) is 4.86. The largest absolute Gasteiger partial charge is 0.503 e. The van der Waals surface area contributed by atoms with Crippen LogP contribution in [0.25, 0.3) is 11.0 Å². The number of carbonyl (C=O) groups excluding carboxylic acids is 2. The quantitative estimate of drug-likeness (QED) is 0.0485. The maximum Gasteiger partial charge on any atom is 0.296 e. The van der Waals surface area contributed by atoms with Gasteiger partial charge in [-0.1, -0.05) is 90.9 Å². The predicted octanol–water partition coefficient (Wildman–Crippen LogP) is 8.99. The summed E-state index contributed by atoms with van der Waals surface area (Å²) in [7, 11) is 1.51. The fourth-order valence-electron chi connectivity index (χ4n) is 5.52. The second-order valence-electron chi connectivity index (χ2n) is 11.1. The van der Waals surface area contributed by atoms with E-state index in [0.717, 1.165) is 24.8 Å². The molecule has 3 aromatic carbocycles. The van der Waals surface area contributed by atoms with Gasteiger partial charge in [-0.05, 0) is 54.8 Å². The number of hydrogen-bond acceptors (Lipinski definition) is 11. The van der Waals surface area contributed by atoms with Crippen LogP contribution in [0, 0.1) is 0 Å². The molecule has 5 aromatic rings. The summed E-state index contributed by atoms with van der Waals surface area (Å²) in [6.07, 6.45) is 2.98. The molecule has 0 saturated heterocycles. The number of aliphatic hydroxyl groups excluding tert-OH is 1. The first-order valence-electron chi connectivity index (χ1n) is 15.8. The van der Waals surface area contributed by atoms with Gasteiger partial charge in [0.05, 0.1) is 31.9 Å². The van der Waals surface area contributed by atoms with Crippen LogP contribution < -0.4 is 19.1 Å². The molecule has 0 fully saturated rings. The molecule has 3 heterocycles. The van der Waals surface area contributed by atoms with Gasteiger partial charge < -0.3 is 23.7 Å². The van der Waals surface area contributed by atoms with Crippen LogP contribution in [0.3, 0.4) is 0 Å². The minimum Gasteiger partial charge on any atom is -0.503 e. The number of nitrogens with zero attached hydrogens (tertiary/aromatic N) is 3. The number of unbranched alkanes of at least 4 members (excludes halogenated alkanes) is 2. The van der Waals surface area contributed by atoms with Crippen molar-refractivity contribution in [3.05, 3.63) is 100.0 Å². The molecule has 0 saturated carbocycles. The van der Waals surface area contributed by atoms with Gasteiger partial charge in [0.15, 0.2) is 38.7 Å². The Hall–Kier alpha value is -4.52. The van der Waals surface area contributed by atoms with E-state index < -0.39 is 23.5 Å². The van der Waals surface area contributed by atoms with Gasteiger partial charge in [0.25, 0.3) is 5.91 Å². The molecule has 0 aliphatic carbocycles. The topological polar surface area (TPSA) is 124 Å². The van der Waals surface area contributed by atoms with Crippen LogP contribution >= 0.6 is 34.7 Å². The smallest absolute Gasteiger partial charge is 0.296 e. The first-order chi connectivity index (χ1) is 23.8. The Labute approximate surface area is 296 Å². The van der Waals surface area contributed by atoms with Gasteiger partial charge in [0.1, 0.15) is 0 Å². The highest BCUT2D eigenvalue weighted by Crippen LogP contribution is 2.46. The number of aliphatic hydroxyl groups is 1. The summed E-state index contributed by atoms with van der Waals surface area (Å²) in [6, 6.07) is 18.5. The van der Waals surface area contributed by atoms with E-state index >= 15 is 0 Å². The van der Waals surface area contributed by atoms with Crippen LogP contribution in [0.1, 0.15) is 60.8 Å². The molecule has 0 bridgehead atoms. The van der Waals surface area contributed by atoms with E-state index in [1.165, 1.54) is 35.1 Å². The van der Waals surface area contributed by atoms with Crippen LogP contribution in [0.4, 0.5) is 5.13 Å². The predicted molar refractivity (Wildman–Crippen MR) is 191 cm³/mol. The maximum absolute atomic E-state index is 14.3. The van der Waals surface area contributed by atoms with Crippen LogP contribution in [0.15, 0.2) is 86.8 Å². The van der Waals surface area contributed by atoms with Crippen molar-refractivity contribution in [1.82, 2.24) is 10.2 Å². The molecular weight excluding hydrogens is 686 g/mol. The SMILES string of the molecule is CCCCCOc1ccc(C2C(C(=O)c3cc4cccc(OC)c4o3)=C(O)C(=O)N2c2nnc(SCc3ccccc3Cl)s2)cc1OCC. The lowest BCUT2D eigenvalue weighted by atomic mass is 9.95. The number of fused-ring (bicyclic) bond motifs is 1. The van der Waals surface area contributed by atoms with Gasteiger partial charge >= 0.3 is 0 Å². The number of aromatic nitrogens is 2. The number of Topliss-reactive ketones (excluding diaryl/α,β-unsaturated/α-hetero) is 1. The maximum atomic E-state index is 14.3. The number of amides is 1. The van der Waals surface area contributed by atoms with E-state index in [4.69, 9.17) is 30.2 Å². The van der Waals surface area contributed by atoms with Crippen molar-refractivity contribution in [1.29, 1.82) is 0 Å². The Bertz CT molecular complexity index is 2020. The lowest BCUT2D eigenvalue weighted by molar-refractivity contribution is -0.117. The van der Waals surface area contributed by atoms with Crippen molar-refractivity contribution in [3.63, 3.8) is 0 Å². The Morgan fingerprint density at radius 2 is 1.86 bits per heavy atom. The molecule has 10 nitrogen and oxygen atoms in total. The second kappa shape index (κ2) is 15.4. The van der Waals surface area contributed by atoms with Gasteiger partial charge in [0.2, 0.25) is 10.9 Å². The van der Waals surface area contributed by atoms with Crippen molar-refractivity contribution in [2.75, 3.05) is 25.2 Å². The number of hydrogen-bond donors (Lipinski definition) is 1. The molecule has 6 rings (SSSR count). The normalized spacial score (nSPS) is 14.6. The van der Waals surface area contributed by atoms with Gasteiger partial charge in [-0.3, -0.25) is 14.5 Å². The zero-order valence-corrected chi connectivity index (χ0v) is 29.5. The average Bonchev–Trinajstić information content (AvgIpc) is 3.83. The number of halogens is 1. The first-order valence-corrected chi connectivity index (χ1v) is 18.0. The molecule has 1 aliphatic rings. The van der Waals surface area contributed by atoms with Crippen molar-refractivity contribution < 1.29 is 33.3 Å². The summed E-state index contributed by atoms with van der Waals surface area (Å²) in [4.78, 5) is 29.5.